The van der Waals surface area contributed by atoms with Gasteiger partial charge in [-0.15, -0.1) is 0 Å². The number of imidazole rings is 1. The normalized spacial score (nSPS) is 12.0. The molecule has 0 spiro atoms. The zero-order chi connectivity index (χ0) is 23.8. The molecule has 8 nitrogen and oxygen atoms in total. The summed E-state index contributed by atoms with van der Waals surface area (Å²) >= 11 is 2.77. The summed E-state index contributed by atoms with van der Waals surface area (Å²) < 4.78 is 26.5. The van der Waals surface area contributed by atoms with Gasteiger partial charge >= 0.3 is 0 Å². The first kappa shape index (κ1) is 23.7. The molecule has 0 saturated carbocycles. The van der Waals surface area contributed by atoms with Crippen molar-refractivity contribution in [3.8, 4) is 0 Å². The molecule has 2 heterocycles. The number of rotatable bonds is 8. The summed E-state index contributed by atoms with van der Waals surface area (Å²) in [6.45, 7) is 6.87. The molecule has 3 N–H and O–H groups in total. The van der Waals surface area contributed by atoms with E-state index in [2.05, 4.69) is 34.3 Å². The Morgan fingerprint density at radius 2 is 2.00 bits per heavy atom. The third-order valence-electron chi connectivity index (χ3n) is 5.16. The lowest BCUT2D eigenvalue weighted by atomic mass is 10.1. The van der Waals surface area contributed by atoms with Crippen LogP contribution in [0.3, 0.4) is 0 Å². The van der Waals surface area contributed by atoms with Gasteiger partial charge < -0.3 is 9.88 Å². The molecule has 174 valence electrons. The summed E-state index contributed by atoms with van der Waals surface area (Å²) in [4.78, 5) is 21.8. The molecule has 0 unspecified atom stereocenters. The molecule has 1 amide bonds. The van der Waals surface area contributed by atoms with Gasteiger partial charge in [0.25, 0.3) is 0 Å². The lowest BCUT2D eigenvalue weighted by molar-refractivity contribution is -0.113. The molecular formula is C22H25N5O3S3. The second-order valence-corrected chi connectivity index (χ2v) is 11.4. The van der Waals surface area contributed by atoms with Gasteiger partial charge in [0, 0.05) is 6.54 Å². The van der Waals surface area contributed by atoms with Crippen LogP contribution in [0.2, 0.25) is 0 Å². The number of nitrogens with zero attached hydrogens (tertiary/aromatic N) is 3. The number of aromatic nitrogens is 3. The Balaban J connectivity index is 1.54. The Labute approximate surface area is 200 Å². The molecule has 0 aliphatic rings. The number of primary sulfonamides is 1. The van der Waals surface area contributed by atoms with Crippen LogP contribution in [0.5, 0.6) is 0 Å². The molecule has 0 aliphatic heterocycles. The summed E-state index contributed by atoms with van der Waals surface area (Å²) in [5.74, 6) is -0.0152. The van der Waals surface area contributed by atoms with Gasteiger partial charge in [-0.2, -0.15) is 0 Å². The van der Waals surface area contributed by atoms with Crippen LogP contribution in [-0.2, 0) is 21.4 Å². The number of aryl methyl sites for hydroxylation is 3. The second-order valence-electron chi connectivity index (χ2n) is 7.88. The lowest BCUT2D eigenvalue weighted by Crippen LogP contribution is -2.14. The van der Waals surface area contributed by atoms with Gasteiger partial charge in [-0.05, 0) is 55.7 Å². The van der Waals surface area contributed by atoms with Crippen molar-refractivity contribution in [1.29, 1.82) is 0 Å². The summed E-state index contributed by atoms with van der Waals surface area (Å²) in [6.07, 6.45) is 1.93. The maximum atomic E-state index is 12.6. The standard InChI is InChI=1S/C22H25N5O3S3/c1-4-5-8-27-17-7-6-15(33(23,29)30)11-16(17)24-22(27)31-12-19(28)25-21-26-20-14(3)9-13(2)10-18(20)32-21/h6-7,9-11H,4-5,8,12H2,1-3H3,(H2,23,29,30)(H,25,26,28). The van der Waals surface area contributed by atoms with Crippen LogP contribution in [0.4, 0.5) is 5.13 Å². The molecule has 2 aromatic heterocycles. The predicted molar refractivity (Wildman–Crippen MR) is 134 cm³/mol. The molecule has 11 heteroatoms. The van der Waals surface area contributed by atoms with Crippen LogP contribution in [0.1, 0.15) is 30.9 Å². The molecule has 4 aromatic rings. The van der Waals surface area contributed by atoms with Crippen molar-refractivity contribution < 1.29 is 13.2 Å². The van der Waals surface area contributed by atoms with Gasteiger partial charge in [0.2, 0.25) is 15.9 Å². The van der Waals surface area contributed by atoms with Crippen molar-refractivity contribution in [3.05, 3.63) is 41.5 Å². The molecule has 0 bridgehead atoms. The molecule has 0 radical (unpaired) electrons. The minimum Gasteiger partial charge on any atom is -0.319 e. The first-order valence-electron chi connectivity index (χ1n) is 10.5. The van der Waals surface area contributed by atoms with Gasteiger partial charge in [0.05, 0.1) is 31.9 Å². The van der Waals surface area contributed by atoms with E-state index < -0.39 is 10.0 Å². The smallest absolute Gasteiger partial charge is 0.238 e. The zero-order valence-electron chi connectivity index (χ0n) is 18.6. The number of hydrogen-bond donors (Lipinski definition) is 2. The predicted octanol–water partition coefficient (Wildman–Crippen LogP) is 4.44. The van der Waals surface area contributed by atoms with E-state index in [0.717, 1.165) is 46.2 Å². The number of carbonyl (C=O) groups excluding carboxylic acids is 1. The molecule has 0 aliphatic carbocycles. The number of carbonyl (C=O) groups is 1. The van der Waals surface area contributed by atoms with Gasteiger partial charge in [0.15, 0.2) is 10.3 Å². The summed E-state index contributed by atoms with van der Waals surface area (Å²) in [5, 5.41) is 9.39. The first-order chi connectivity index (χ1) is 15.7. The highest BCUT2D eigenvalue weighted by atomic mass is 32.2. The van der Waals surface area contributed by atoms with Crippen LogP contribution in [0, 0.1) is 13.8 Å². The number of thiazole rings is 1. The number of anilines is 1. The first-order valence-corrected chi connectivity index (χ1v) is 13.8. The number of hydrogen-bond acceptors (Lipinski definition) is 7. The molecule has 4 rings (SSSR count). The lowest BCUT2D eigenvalue weighted by Gasteiger charge is -2.08. The van der Waals surface area contributed by atoms with E-state index >= 15 is 0 Å². The fourth-order valence-electron chi connectivity index (χ4n) is 3.62. The van der Waals surface area contributed by atoms with Crippen LogP contribution in [0.25, 0.3) is 21.3 Å². The number of nitrogens with two attached hydrogens (primary N) is 1. The number of unbranched alkanes of at least 4 members (excludes halogenated alkanes) is 1. The molecule has 0 atom stereocenters. The third kappa shape index (κ3) is 5.21. The summed E-state index contributed by atoms with van der Waals surface area (Å²) in [7, 11) is -3.82. The average Bonchev–Trinajstić information content (AvgIpc) is 3.30. The molecular weight excluding hydrogens is 478 g/mol. The van der Waals surface area contributed by atoms with E-state index in [-0.39, 0.29) is 16.6 Å². The van der Waals surface area contributed by atoms with Crippen molar-refractivity contribution in [2.75, 3.05) is 11.1 Å². The SMILES string of the molecule is CCCCn1c(SCC(=O)Nc2nc3c(C)cc(C)cc3s2)nc2cc(S(N)(=O)=O)ccc21. The van der Waals surface area contributed by atoms with Gasteiger partial charge in [-0.3, -0.25) is 4.79 Å². The highest BCUT2D eigenvalue weighted by Crippen LogP contribution is 2.30. The minimum atomic E-state index is -3.82. The van der Waals surface area contributed by atoms with Gasteiger partial charge in [-0.25, -0.2) is 23.5 Å². The Bertz CT molecular complexity index is 1460. The monoisotopic (exact) mass is 503 g/mol. The minimum absolute atomic E-state index is 0.0193. The zero-order valence-corrected chi connectivity index (χ0v) is 21.0. The van der Waals surface area contributed by atoms with E-state index in [4.69, 9.17) is 5.14 Å². The number of fused-ring (bicyclic) bond motifs is 2. The summed E-state index contributed by atoms with van der Waals surface area (Å²) in [6, 6.07) is 8.82. The summed E-state index contributed by atoms with van der Waals surface area (Å²) in [5.41, 5.74) is 4.50. The van der Waals surface area contributed by atoms with Gasteiger partial charge in [-0.1, -0.05) is 42.5 Å². The van der Waals surface area contributed by atoms with Gasteiger partial charge in [0.1, 0.15) is 0 Å². The van der Waals surface area contributed by atoms with Crippen LogP contribution in [-0.4, -0.2) is 34.6 Å². The Kier molecular flexibility index (Phi) is 6.76. The third-order valence-corrected chi connectivity index (χ3v) is 7.96. The number of benzene rings is 2. The molecule has 0 fully saturated rings. The average molecular weight is 504 g/mol. The van der Waals surface area contributed by atoms with E-state index in [9.17, 15) is 13.2 Å². The molecule has 2 aromatic carbocycles. The van der Waals surface area contributed by atoms with E-state index in [1.165, 1.54) is 35.2 Å². The van der Waals surface area contributed by atoms with E-state index in [0.29, 0.717) is 15.8 Å². The maximum absolute atomic E-state index is 12.6. The largest absolute Gasteiger partial charge is 0.319 e. The fourth-order valence-corrected chi connectivity index (χ4v) is 6.05. The Morgan fingerprint density at radius 3 is 2.73 bits per heavy atom. The number of nitrogens with one attached hydrogen (secondary N) is 1. The van der Waals surface area contributed by atoms with Crippen molar-refractivity contribution in [3.63, 3.8) is 0 Å². The fraction of sp³-hybridized carbons (Fsp3) is 0.318. The van der Waals surface area contributed by atoms with Crippen LogP contribution in [0.15, 0.2) is 40.4 Å². The molecule has 0 saturated heterocycles. The van der Waals surface area contributed by atoms with Crippen molar-refractivity contribution in [2.24, 2.45) is 5.14 Å². The van der Waals surface area contributed by atoms with Crippen molar-refractivity contribution in [1.82, 2.24) is 14.5 Å². The van der Waals surface area contributed by atoms with E-state index in [1.807, 2.05) is 18.4 Å². The highest BCUT2D eigenvalue weighted by molar-refractivity contribution is 7.99. The number of sulfonamides is 1. The Hall–Kier alpha value is -2.47. The maximum Gasteiger partial charge on any atom is 0.238 e. The van der Waals surface area contributed by atoms with Crippen molar-refractivity contribution >= 4 is 65.4 Å². The molecule has 33 heavy (non-hydrogen) atoms. The highest BCUT2D eigenvalue weighted by Gasteiger charge is 2.17. The Morgan fingerprint density at radius 1 is 1.21 bits per heavy atom. The number of amides is 1. The van der Waals surface area contributed by atoms with Crippen LogP contribution >= 0.6 is 23.1 Å². The van der Waals surface area contributed by atoms with Crippen LogP contribution < -0.4 is 10.5 Å². The number of thioether (sulfide) groups is 1. The topological polar surface area (TPSA) is 120 Å². The quantitative estimate of drug-likeness (QED) is 0.343. The van der Waals surface area contributed by atoms with Crippen molar-refractivity contribution in [2.45, 2.75) is 50.2 Å². The second kappa shape index (κ2) is 9.41. The van der Waals surface area contributed by atoms with E-state index in [1.54, 1.807) is 6.07 Å².